The van der Waals surface area contributed by atoms with Crippen LogP contribution in [0.5, 0.6) is 11.5 Å². The molecule has 2 unspecified atom stereocenters. The van der Waals surface area contributed by atoms with Crippen molar-refractivity contribution in [1.82, 2.24) is 5.32 Å². The molecule has 4 nitrogen and oxygen atoms in total. The summed E-state index contributed by atoms with van der Waals surface area (Å²) in [6.45, 7) is 0. The lowest BCUT2D eigenvalue weighted by Crippen LogP contribution is -2.10. The maximum absolute atomic E-state index is 12.3. The third kappa shape index (κ3) is 2.62. The highest BCUT2D eigenvalue weighted by Gasteiger charge is 2.43. The number of ether oxygens (including phenoxy) is 2. The fourth-order valence-electron chi connectivity index (χ4n) is 2.48. The average molecular weight is 283 g/mol. The summed E-state index contributed by atoms with van der Waals surface area (Å²) in [5, 5.41) is 3.23. The molecule has 0 amide bonds. The molecule has 1 saturated heterocycles. The Hall–Kier alpha value is -2.33. The zero-order valence-corrected chi connectivity index (χ0v) is 12.0. The van der Waals surface area contributed by atoms with Gasteiger partial charge in [-0.3, -0.25) is 10.1 Å². The van der Waals surface area contributed by atoms with Gasteiger partial charge >= 0.3 is 0 Å². The predicted molar refractivity (Wildman–Crippen MR) is 80.0 cm³/mol. The molecular weight excluding hydrogens is 266 g/mol. The van der Waals surface area contributed by atoms with Gasteiger partial charge in [-0.15, -0.1) is 0 Å². The molecule has 1 N–H and O–H groups in total. The minimum Gasteiger partial charge on any atom is -0.493 e. The van der Waals surface area contributed by atoms with Crippen molar-refractivity contribution in [2.45, 2.75) is 12.1 Å². The van der Waals surface area contributed by atoms with Crippen LogP contribution in [0, 0.1) is 0 Å². The molecule has 2 atom stereocenters. The van der Waals surface area contributed by atoms with Crippen molar-refractivity contribution in [1.29, 1.82) is 0 Å². The van der Waals surface area contributed by atoms with Gasteiger partial charge in [-0.2, -0.15) is 0 Å². The SMILES string of the molecule is COc1ccc(C2NC2C(=O)c2ccccc2)cc1OC. The Kier molecular flexibility index (Phi) is 3.62. The van der Waals surface area contributed by atoms with Gasteiger partial charge in [0.05, 0.1) is 26.3 Å². The molecule has 21 heavy (non-hydrogen) atoms. The number of nitrogens with one attached hydrogen (secondary N) is 1. The van der Waals surface area contributed by atoms with Crippen molar-refractivity contribution >= 4 is 5.78 Å². The van der Waals surface area contributed by atoms with Crippen LogP contribution in [0.15, 0.2) is 48.5 Å². The Bertz CT molecular complexity index is 654. The topological polar surface area (TPSA) is 57.5 Å². The van der Waals surface area contributed by atoms with Crippen LogP contribution in [-0.2, 0) is 0 Å². The molecule has 0 saturated carbocycles. The van der Waals surface area contributed by atoms with Crippen LogP contribution >= 0.6 is 0 Å². The largest absolute Gasteiger partial charge is 0.493 e. The zero-order chi connectivity index (χ0) is 14.8. The molecule has 2 aromatic carbocycles. The predicted octanol–water partition coefficient (Wildman–Crippen LogP) is 2.60. The number of rotatable bonds is 5. The lowest BCUT2D eigenvalue weighted by atomic mass is 10.0. The Morgan fingerprint density at radius 2 is 1.71 bits per heavy atom. The van der Waals surface area contributed by atoms with E-state index in [2.05, 4.69) is 5.32 Å². The molecule has 0 aromatic heterocycles. The number of hydrogen-bond donors (Lipinski definition) is 1. The lowest BCUT2D eigenvalue weighted by molar-refractivity contribution is 0.0988. The van der Waals surface area contributed by atoms with Crippen LogP contribution in [0.2, 0.25) is 0 Å². The van der Waals surface area contributed by atoms with E-state index in [4.69, 9.17) is 9.47 Å². The van der Waals surface area contributed by atoms with Crippen molar-refractivity contribution in [3.8, 4) is 11.5 Å². The Morgan fingerprint density at radius 3 is 2.38 bits per heavy atom. The summed E-state index contributed by atoms with van der Waals surface area (Å²) in [4.78, 5) is 12.3. The smallest absolute Gasteiger partial charge is 0.181 e. The molecule has 1 heterocycles. The number of methoxy groups -OCH3 is 2. The van der Waals surface area contributed by atoms with E-state index in [1.807, 2.05) is 48.5 Å². The molecule has 0 radical (unpaired) electrons. The van der Waals surface area contributed by atoms with E-state index in [-0.39, 0.29) is 17.9 Å². The minimum absolute atomic E-state index is 0.0394. The monoisotopic (exact) mass is 283 g/mol. The first kappa shape index (κ1) is 13.6. The molecule has 3 rings (SSSR count). The van der Waals surface area contributed by atoms with Crippen molar-refractivity contribution in [3.63, 3.8) is 0 Å². The van der Waals surface area contributed by atoms with Gasteiger partial charge in [0.15, 0.2) is 17.3 Å². The third-order valence-electron chi connectivity index (χ3n) is 3.69. The summed E-state index contributed by atoms with van der Waals surface area (Å²) in [7, 11) is 3.21. The van der Waals surface area contributed by atoms with Crippen LogP contribution in [0.25, 0.3) is 0 Å². The van der Waals surface area contributed by atoms with Gasteiger partial charge in [-0.05, 0) is 17.7 Å². The van der Waals surface area contributed by atoms with E-state index < -0.39 is 0 Å². The van der Waals surface area contributed by atoms with Crippen molar-refractivity contribution < 1.29 is 14.3 Å². The van der Waals surface area contributed by atoms with Gasteiger partial charge in [0.1, 0.15) is 0 Å². The molecule has 2 aromatic rings. The molecular formula is C17H17NO3. The summed E-state index contributed by atoms with van der Waals surface area (Å²) >= 11 is 0. The summed E-state index contributed by atoms with van der Waals surface area (Å²) in [6, 6.07) is 14.9. The second kappa shape index (κ2) is 5.58. The Labute approximate surface area is 123 Å². The Balaban J connectivity index is 1.77. The number of Topliss-reactive ketones (excluding diaryl/α,β-unsaturated/α-hetero) is 1. The van der Waals surface area contributed by atoms with E-state index >= 15 is 0 Å². The second-order valence-electron chi connectivity index (χ2n) is 4.97. The highest BCUT2D eigenvalue weighted by Crippen LogP contribution is 2.37. The van der Waals surface area contributed by atoms with Crippen LogP contribution in [0.4, 0.5) is 0 Å². The van der Waals surface area contributed by atoms with E-state index in [0.717, 1.165) is 11.1 Å². The highest BCUT2D eigenvalue weighted by atomic mass is 16.5. The average Bonchev–Trinajstić information content (AvgIpc) is 3.35. The second-order valence-corrected chi connectivity index (χ2v) is 4.97. The maximum Gasteiger partial charge on any atom is 0.181 e. The highest BCUT2D eigenvalue weighted by molar-refractivity contribution is 6.02. The quantitative estimate of drug-likeness (QED) is 0.677. The molecule has 0 aliphatic carbocycles. The standard InChI is InChI=1S/C17H17NO3/c1-20-13-9-8-12(10-14(13)21-2)15-16(18-15)17(19)11-6-4-3-5-7-11/h3-10,15-16,18H,1-2H3. The number of benzene rings is 2. The first-order chi connectivity index (χ1) is 10.2. The minimum atomic E-state index is -0.162. The van der Waals surface area contributed by atoms with E-state index in [9.17, 15) is 4.79 Å². The molecule has 4 heteroatoms. The molecule has 1 fully saturated rings. The van der Waals surface area contributed by atoms with Gasteiger partial charge < -0.3 is 9.47 Å². The first-order valence-electron chi connectivity index (χ1n) is 6.82. The number of ketones is 1. The van der Waals surface area contributed by atoms with E-state index in [1.165, 1.54) is 0 Å². The number of carbonyl (C=O) groups is 1. The number of carbonyl (C=O) groups excluding carboxylic acids is 1. The van der Waals surface area contributed by atoms with Crippen molar-refractivity contribution in [2.75, 3.05) is 14.2 Å². The van der Waals surface area contributed by atoms with Crippen molar-refractivity contribution in [2.24, 2.45) is 0 Å². The van der Waals surface area contributed by atoms with E-state index in [0.29, 0.717) is 11.5 Å². The normalized spacial score (nSPS) is 19.9. The molecule has 1 aliphatic rings. The van der Waals surface area contributed by atoms with Crippen LogP contribution < -0.4 is 14.8 Å². The van der Waals surface area contributed by atoms with Gasteiger partial charge in [0, 0.05) is 5.56 Å². The van der Waals surface area contributed by atoms with Gasteiger partial charge in [-0.25, -0.2) is 0 Å². The van der Waals surface area contributed by atoms with Gasteiger partial charge in [0.25, 0.3) is 0 Å². The first-order valence-corrected chi connectivity index (χ1v) is 6.82. The molecule has 1 aliphatic heterocycles. The van der Waals surface area contributed by atoms with Crippen LogP contribution in [-0.4, -0.2) is 26.0 Å². The van der Waals surface area contributed by atoms with Crippen molar-refractivity contribution in [3.05, 3.63) is 59.7 Å². The summed E-state index contributed by atoms with van der Waals surface area (Å²) in [6.07, 6.45) is 0. The van der Waals surface area contributed by atoms with Gasteiger partial charge in [-0.1, -0.05) is 36.4 Å². The fraction of sp³-hybridized carbons (Fsp3) is 0.235. The molecule has 108 valence electrons. The van der Waals surface area contributed by atoms with Crippen LogP contribution in [0.1, 0.15) is 22.0 Å². The summed E-state index contributed by atoms with van der Waals surface area (Å²) < 4.78 is 10.5. The fourth-order valence-corrected chi connectivity index (χ4v) is 2.48. The van der Waals surface area contributed by atoms with Crippen LogP contribution in [0.3, 0.4) is 0 Å². The van der Waals surface area contributed by atoms with E-state index in [1.54, 1.807) is 14.2 Å². The summed E-state index contributed by atoms with van der Waals surface area (Å²) in [5.41, 5.74) is 1.76. The lowest BCUT2D eigenvalue weighted by Gasteiger charge is -2.08. The zero-order valence-electron chi connectivity index (χ0n) is 12.0. The van der Waals surface area contributed by atoms with Gasteiger partial charge in [0.2, 0.25) is 0 Å². The Morgan fingerprint density at radius 1 is 1.00 bits per heavy atom. The maximum atomic E-state index is 12.3. The summed E-state index contributed by atoms with van der Waals surface area (Å²) in [5.74, 6) is 1.48. The number of hydrogen-bond acceptors (Lipinski definition) is 4. The third-order valence-corrected chi connectivity index (χ3v) is 3.69. The molecule has 0 spiro atoms. The molecule has 0 bridgehead atoms.